The first-order valence-corrected chi connectivity index (χ1v) is 1.91. The molecule has 4 radical (unpaired) electrons. The van der Waals surface area contributed by atoms with E-state index in [1.807, 2.05) is 0 Å². The van der Waals surface area contributed by atoms with E-state index in [-0.39, 0.29) is 0 Å². The minimum Gasteiger partial charge on any atom is -0.654 e. The minimum atomic E-state index is -1.61. The average Bonchev–Trinajstić information content (AvgIpc) is 0.811. The van der Waals surface area contributed by atoms with Gasteiger partial charge in [0.1, 0.15) is 0 Å². The van der Waals surface area contributed by atoms with E-state index in [1.165, 1.54) is 0 Å². The second kappa shape index (κ2) is 1.73. The largest absolute Gasteiger partial charge is 0.654 e. The Morgan fingerprint density at radius 2 is 1.50 bits per heavy atom. The smallest absolute Gasteiger partial charge is 0.438 e. The lowest BCUT2D eigenvalue weighted by molar-refractivity contribution is 0.620. The van der Waals surface area contributed by atoms with Crippen molar-refractivity contribution in [3.05, 3.63) is 0 Å². The van der Waals surface area contributed by atoms with Crippen LogP contribution in [0.1, 0.15) is 0 Å². The molecule has 0 saturated heterocycles. The third-order valence-corrected chi connectivity index (χ3v) is 0. The van der Waals surface area contributed by atoms with Crippen LogP contribution in [-0.2, 0) is 10.9 Å². The van der Waals surface area contributed by atoms with Crippen LogP contribution in [0.25, 0.3) is 0 Å². The summed E-state index contributed by atoms with van der Waals surface area (Å²) >= 11 is 0. The highest BCUT2D eigenvalue weighted by Crippen LogP contribution is 1.56. The summed E-state index contributed by atoms with van der Waals surface area (Å²) in [7, 11) is 7.11. The van der Waals surface area contributed by atoms with Crippen molar-refractivity contribution in [1.82, 2.24) is 0 Å². The maximum Gasteiger partial charge on any atom is 0.438 e. The molecule has 0 amide bonds. The van der Waals surface area contributed by atoms with Gasteiger partial charge in [-0.1, -0.05) is 0 Å². The molecule has 4 heavy (non-hydrogen) atoms. The molecule has 0 bridgehead atoms. The summed E-state index contributed by atoms with van der Waals surface area (Å²) in [5.41, 5.74) is 0. The van der Waals surface area contributed by atoms with Gasteiger partial charge >= 0.3 is 14.2 Å². The molecular weight excluding hydrogens is 69.7 g/mol. The Morgan fingerprint density at radius 1 is 1.50 bits per heavy atom. The van der Waals surface area contributed by atoms with Crippen LogP contribution in [-0.4, -0.2) is 18.8 Å². The molecule has 1 nitrogen and oxygen atoms in total. The molecule has 0 fully saturated rings. The minimum absolute atomic E-state index is 1.61. The molecule has 0 aliphatic carbocycles. The first-order valence-electron chi connectivity index (χ1n) is 0.638. The van der Waals surface area contributed by atoms with Gasteiger partial charge in [-0.25, -0.2) is 10.9 Å². The third kappa shape index (κ3) is 26.1. The predicted octanol–water partition coefficient (Wildman–Crippen LogP) is -1.10. The van der Waals surface area contributed by atoms with Gasteiger partial charge < -0.3 is 4.55 Å². The lowest BCUT2D eigenvalue weighted by Crippen LogP contribution is -1.92. The second-order valence-electron chi connectivity index (χ2n) is 0.329. The van der Waals surface area contributed by atoms with Gasteiger partial charge in [-0.05, 0) is 0 Å². The quantitative estimate of drug-likeness (QED) is 0.262. The Balaban J connectivity index is 2.32. The highest BCUT2D eigenvalue weighted by Gasteiger charge is 1.74. The molecule has 0 rings (SSSR count). The summed E-state index contributed by atoms with van der Waals surface area (Å²) in [6.07, 6.45) is 0. The van der Waals surface area contributed by atoms with E-state index in [1.54, 1.807) is 0 Å². The van der Waals surface area contributed by atoms with E-state index >= 15 is 0 Å². The van der Waals surface area contributed by atoms with Crippen LogP contribution >= 0.6 is 0 Å². The molecule has 0 atom stereocenters. The molecule has 18 valence electrons. The zero-order valence-electron chi connectivity index (χ0n) is 1.97. The Bertz CT molecular complexity index is 10.8. The molecular formula is B2OS. The Hall–Kier alpha value is 0.440. The van der Waals surface area contributed by atoms with Gasteiger partial charge in [0, 0.05) is 0 Å². The van der Waals surface area contributed by atoms with Crippen molar-refractivity contribution >= 4 is 25.1 Å². The lowest BCUT2D eigenvalue weighted by atomic mass is 10.7. The fourth-order valence-corrected chi connectivity index (χ4v) is 0. The van der Waals surface area contributed by atoms with Crippen LogP contribution in [0.4, 0.5) is 0 Å². The van der Waals surface area contributed by atoms with Crippen LogP contribution in [0, 0.1) is 0 Å². The SMILES string of the molecule is [B][S+]([B])[O-]. The van der Waals surface area contributed by atoms with Gasteiger partial charge in [-0.2, -0.15) is 0 Å². The summed E-state index contributed by atoms with van der Waals surface area (Å²) in [6, 6.07) is 0. The lowest BCUT2D eigenvalue weighted by Gasteiger charge is -1.89. The van der Waals surface area contributed by atoms with Gasteiger partial charge in [0.25, 0.3) is 0 Å². The number of hydrogen-bond acceptors (Lipinski definition) is 1. The summed E-state index contributed by atoms with van der Waals surface area (Å²) in [5, 5.41) is 0. The Morgan fingerprint density at radius 3 is 1.50 bits per heavy atom. The zero-order valence-corrected chi connectivity index (χ0v) is 2.79. The number of rotatable bonds is 0. The van der Waals surface area contributed by atoms with Gasteiger partial charge in [0.2, 0.25) is 0 Å². The number of hydrogen-bond donors (Lipinski definition) is 0. The van der Waals surface area contributed by atoms with Crippen molar-refractivity contribution in [2.45, 2.75) is 0 Å². The summed E-state index contributed by atoms with van der Waals surface area (Å²) in [5.74, 6) is 0. The highest BCUT2D eigenvalue weighted by molar-refractivity contribution is 8.29. The van der Waals surface area contributed by atoms with Gasteiger partial charge in [0.05, 0.1) is 0 Å². The van der Waals surface area contributed by atoms with Crippen molar-refractivity contribution in [1.29, 1.82) is 0 Å². The molecule has 0 aromatic heterocycles. The molecule has 0 saturated carbocycles. The first kappa shape index (κ1) is 4.44. The van der Waals surface area contributed by atoms with Crippen LogP contribution in [0.2, 0.25) is 0 Å². The van der Waals surface area contributed by atoms with Crippen LogP contribution < -0.4 is 0 Å². The van der Waals surface area contributed by atoms with Crippen molar-refractivity contribution in [2.75, 3.05) is 0 Å². The second-order valence-corrected chi connectivity index (χ2v) is 0.986. The molecule has 0 N–H and O–H groups in total. The normalized spacial score (nSPS) is 8.50. The zero-order chi connectivity index (χ0) is 3.58. The molecule has 0 unspecified atom stereocenters. The van der Waals surface area contributed by atoms with Gasteiger partial charge in [0.15, 0.2) is 0 Å². The molecule has 0 aromatic carbocycles. The molecule has 0 aromatic rings. The monoisotopic (exact) mass is 70.0 g/mol. The standard InChI is InChI=1S/B2OS/c1-4(2)3. The Kier molecular flexibility index (Phi) is 1.92. The van der Waals surface area contributed by atoms with E-state index in [0.717, 1.165) is 0 Å². The van der Waals surface area contributed by atoms with Crippen molar-refractivity contribution in [3.8, 4) is 0 Å². The third-order valence-electron chi connectivity index (χ3n) is 0. The molecule has 0 aliphatic heterocycles. The van der Waals surface area contributed by atoms with E-state index in [0.29, 0.717) is 0 Å². The van der Waals surface area contributed by atoms with E-state index in [4.69, 9.17) is 4.55 Å². The maximum absolute atomic E-state index is 9.11. The first-order chi connectivity index (χ1) is 1.73. The van der Waals surface area contributed by atoms with Crippen LogP contribution in [0.15, 0.2) is 0 Å². The molecule has 0 aliphatic rings. The molecule has 0 spiro atoms. The van der Waals surface area contributed by atoms with E-state index in [2.05, 4.69) is 14.2 Å². The van der Waals surface area contributed by atoms with Crippen molar-refractivity contribution < 1.29 is 4.55 Å². The van der Waals surface area contributed by atoms with Crippen LogP contribution in [0.3, 0.4) is 0 Å². The maximum atomic E-state index is 9.11. The van der Waals surface area contributed by atoms with Crippen molar-refractivity contribution in [3.63, 3.8) is 0 Å². The Labute approximate surface area is 30.6 Å². The fourth-order valence-electron chi connectivity index (χ4n) is 0. The summed E-state index contributed by atoms with van der Waals surface area (Å²) < 4.78 is 9.11. The summed E-state index contributed by atoms with van der Waals surface area (Å²) in [4.78, 5) is 0. The predicted molar refractivity (Wildman–Crippen MR) is 19.7 cm³/mol. The van der Waals surface area contributed by atoms with Gasteiger partial charge in [-0.3, -0.25) is 0 Å². The van der Waals surface area contributed by atoms with Crippen molar-refractivity contribution in [2.24, 2.45) is 0 Å². The summed E-state index contributed by atoms with van der Waals surface area (Å²) in [6.45, 7) is 0. The highest BCUT2D eigenvalue weighted by atomic mass is 32.2. The topological polar surface area (TPSA) is 23.1 Å². The fraction of sp³-hybridized carbons (Fsp3) is 0. The van der Waals surface area contributed by atoms with E-state index < -0.39 is 10.9 Å². The average molecular weight is 69.7 g/mol. The van der Waals surface area contributed by atoms with Crippen LogP contribution in [0.5, 0.6) is 0 Å². The van der Waals surface area contributed by atoms with E-state index in [9.17, 15) is 0 Å². The molecule has 0 heterocycles. The molecule has 4 heteroatoms. The van der Waals surface area contributed by atoms with Gasteiger partial charge in [-0.15, -0.1) is 0 Å².